The summed E-state index contributed by atoms with van der Waals surface area (Å²) in [5.74, 6) is 0.714. The van der Waals surface area contributed by atoms with Crippen LogP contribution in [0.5, 0.6) is 0 Å². The van der Waals surface area contributed by atoms with Crippen LogP contribution >= 0.6 is 0 Å². The van der Waals surface area contributed by atoms with Gasteiger partial charge in [0.1, 0.15) is 5.82 Å². The Labute approximate surface area is 159 Å². The minimum atomic E-state index is -3.57. The van der Waals surface area contributed by atoms with Crippen LogP contribution in [0.3, 0.4) is 0 Å². The number of anilines is 1. The zero-order chi connectivity index (χ0) is 18.9. The fraction of sp³-hybridized carbons (Fsp3) is 0.368. The Hall–Kier alpha value is -2.45. The van der Waals surface area contributed by atoms with Crippen molar-refractivity contribution in [2.24, 2.45) is 0 Å². The Morgan fingerprint density at radius 2 is 1.70 bits per heavy atom. The molecule has 1 aliphatic heterocycles. The molecule has 0 bridgehead atoms. The quantitative estimate of drug-likeness (QED) is 0.842. The first-order valence-corrected chi connectivity index (χ1v) is 10.5. The Morgan fingerprint density at radius 3 is 2.30 bits per heavy atom. The summed E-state index contributed by atoms with van der Waals surface area (Å²) in [5, 5.41) is 2.90. The first-order valence-electron chi connectivity index (χ1n) is 9.11. The van der Waals surface area contributed by atoms with Crippen LogP contribution in [0.25, 0.3) is 0 Å². The number of piperazine rings is 1. The van der Waals surface area contributed by atoms with Gasteiger partial charge in [0.15, 0.2) is 0 Å². The zero-order valence-corrected chi connectivity index (χ0v) is 15.7. The monoisotopic (exact) mass is 386 g/mol. The van der Waals surface area contributed by atoms with E-state index < -0.39 is 10.0 Å². The lowest BCUT2D eigenvalue weighted by molar-refractivity contribution is 0.0951. The highest BCUT2D eigenvalue weighted by atomic mass is 32.2. The van der Waals surface area contributed by atoms with Crippen molar-refractivity contribution in [1.29, 1.82) is 0 Å². The van der Waals surface area contributed by atoms with E-state index in [0.717, 1.165) is 18.7 Å². The average Bonchev–Trinajstić information content (AvgIpc) is 3.53. The summed E-state index contributed by atoms with van der Waals surface area (Å²) < 4.78 is 27.3. The smallest absolute Gasteiger partial charge is 0.251 e. The van der Waals surface area contributed by atoms with Gasteiger partial charge in [-0.25, -0.2) is 13.4 Å². The molecule has 2 fully saturated rings. The van der Waals surface area contributed by atoms with Crippen molar-refractivity contribution >= 4 is 21.7 Å². The second-order valence-corrected chi connectivity index (χ2v) is 8.79. The van der Waals surface area contributed by atoms with Crippen LogP contribution in [0.1, 0.15) is 23.2 Å². The summed E-state index contributed by atoms with van der Waals surface area (Å²) in [6.07, 6.45) is 3.77. The third-order valence-corrected chi connectivity index (χ3v) is 6.79. The van der Waals surface area contributed by atoms with Crippen molar-refractivity contribution in [2.75, 3.05) is 31.1 Å². The number of carbonyl (C=O) groups is 1. The van der Waals surface area contributed by atoms with Gasteiger partial charge in [-0.3, -0.25) is 4.79 Å². The second-order valence-electron chi connectivity index (χ2n) is 6.85. The molecule has 0 spiro atoms. The molecule has 2 heterocycles. The van der Waals surface area contributed by atoms with Crippen LogP contribution in [-0.4, -0.2) is 55.8 Å². The van der Waals surface area contributed by atoms with E-state index in [-0.39, 0.29) is 16.8 Å². The fourth-order valence-corrected chi connectivity index (χ4v) is 4.54. The van der Waals surface area contributed by atoms with Gasteiger partial charge < -0.3 is 10.2 Å². The van der Waals surface area contributed by atoms with Gasteiger partial charge in [0.2, 0.25) is 10.0 Å². The lowest BCUT2D eigenvalue weighted by atomic mass is 10.2. The zero-order valence-electron chi connectivity index (χ0n) is 14.9. The maximum Gasteiger partial charge on any atom is 0.251 e. The molecular formula is C19H22N4O3S. The number of aromatic nitrogens is 1. The summed E-state index contributed by atoms with van der Waals surface area (Å²) >= 11 is 0. The molecule has 1 aromatic carbocycles. The van der Waals surface area contributed by atoms with Gasteiger partial charge in [0.05, 0.1) is 4.90 Å². The summed E-state index contributed by atoms with van der Waals surface area (Å²) in [7, 11) is -3.57. The minimum absolute atomic E-state index is 0.148. The third-order valence-electron chi connectivity index (χ3n) is 4.88. The molecule has 1 N–H and O–H groups in total. The highest BCUT2D eigenvalue weighted by Gasteiger charge is 2.29. The topological polar surface area (TPSA) is 82.6 Å². The predicted octanol–water partition coefficient (Wildman–Crippen LogP) is 1.48. The van der Waals surface area contributed by atoms with E-state index in [1.165, 1.54) is 16.4 Å². The Morgan fingerprint density at radius 1 is 1.00 bits per heavy atom. The number of pyridine rings is 1. The highest BCUT2D eigenvalue weighted by molar-refractivity contribution is 7.89. The summed E-state index contributed by atoms with van der Waals surface area (Å²) in [6, 6.07) is 12.2. The molecule has 2 aliphatic rings. The highest BCUT2D eigenvalue weighted by Crippen LogP contribution is 2.22. The number of rotatable bonds is 5. The molecule has 1 saturated carbocycles. The molecule has 8 heteroatoms. The number of nitrogens with zero attached hydrogens (tertiary/aromatic N) is 3. The van der Waals surface area contributed by atoms with Gasteiger partial charge in [-0.05, 0) is 49.2 Å². The molecule has 4 rings (SSSR count). The van der Waals surface area contributed by atoms with E-state index in [1.54, 1.807) is 18.3 Å². The van der Waals surface area contributed by atoms with Crippen LogP contribution in [0.4, 0.5) is 5.82 Å². The van der Waals surface area contributed by atoms with Crippen LogP contribution in [0, 0.1) is 0 Å². The van der Waals surface area contributed by atoms with E-state index in [4.69, 9.17) is 0 Å². The maximum absolute atomic E-state index is 12.9. The van der Waals surface area contributed by atoms with Crippen LogP contribution in [-0.2, 0) is 10.0 Å². The van der Waals surface area contributed by atoms with Crippen molar-refractivity contribution in [1.82, 2.24) is 14.6 Å². The van der Waals surface area contributed by atoms with Crippen molar-refractivity contribution < 1.29 is 13.2 Å². The number of sulfonamides is 1. The molecule has 0 atom stereocenters. The van der Waals surface area contributed by atoms with E-state index in [2.05, 4.69) is 15.2 Å². The predicted molar refractivity (Wildman–Crippen MR) is 102 cm³/mol. The van der Waals surface area contributed by atoms with Crippen molar-refractivity contribution in [2.45, 2.75) is 23.8 Å². The molecule has 1 saturated heterocycles. The molecule has 1 amide bonds. The van der Waals surface area contributed by atoms with E-state index in [1.807, 2.05) is 18.2 Å². The van der Waals surface area contributed by atoms with Crippen LogP contribution in [0.2, 0.25) is 0 Å². The van der Waals surface area contributed by atoms with Crippen LogP contribution in [0.15, 0.2) is 53.6 Å². The summed E-state index contributed by atoms with van der Waals surface area (Å²) in [6.45, 7) is 2.00. The number of amides is 1. The number of nitrogens with one attached hydrogen (secondary N) is 1. The SMILES string of the molecule is O=C(NC1CC1)c1ccc(S(=O)(=O)N2CCN(c3ccccn3)CC2)cc1. The van der Waals surface area contributed by atoms with Crippen molar-refractivity contribution in [3.8, 4) is 0 Å². The molecule has 7 nitrogen and oxygen atoms in total. The summed E-state index contributed by atoms with van der Waals surface area (Å²) in [4.78, 5) is 18.7. The van der Waals surface area contributed by atoms with Gasteiger partial charge in [0, 0.05) is 44.0 Å². The van der Waals surface area contributed by atoms with Gasteiger partial charge in [-0.1, -0.05) is 6.07 Å². The normalized spacial score (nSPS) is 18.3. The first kappa shape index (κ1) is 17.9. The number of carbonyl (C=O) groups excluding carboxylic acids is 1. The largest absolute Gasteiger partial charge is 0.354 e. The number of benzene rings is 1. The van der Waals surface area contributed by atoms with E-state index in [9.17, 15) is 13.2 Å². The number of hydrogen-bond acceptors (Lipinski definition) is 5. The molecular weight excluding hydrogens is 364 g/mol. The van der Waals surface area contributed by atoms with Crippen LogP contribution < -0.4 is 10.2 Å². The fourth-order valence-electron chi connectivity index (χ4n) is 3.12. The van der Waals surface area contributed by atoms with Gasteiger partial charge in [-0.15, -0.1) is 0 Å². The molecule has 27 heavy (non-hydrogen) atoms. The first-order chi connectivity index (χ1) is 13.0. The molecule has 1 aliphatic carbocycles. The lowest BCUT2D eigenvalue weighted by Crippen LogP contribution is -2.48. The Bertz CT molecular complexity index is 904. The number of hydrogen-bond donors (Lipinski definition) is 1. The Balaban J connectivity index is 1.41. The lowest BCUT2D eigenvalue weighted by Gasteiger charge is -2.34. The summed E-state index contributed by atoms with van der Waals surface area (Å²) in [5.41, 5.74) is 0.487. The maximum atomic E-state index is 12.9. The van der Waals surface area contributed by atoms with Crippen molar-refractivity contribution in [3.05, 3.63) is 54.2 Å². The van der Waals surface area contributed by atoms with E-state index >= 15 is 0 Å². The molecule has 0 unspecified atom stereocenters. The molecule has 142 valence electrons. The van der Waals surface area contributed by atoms with E-state index in [0.29, 0.717) is 31.7 Å². The third kappa shape index (κ3) is 3.96. The van der Waals surface area contributed by atoms with Gasteiger partial charge >= 0.3 is 0 Å². The molecule has 0 radical (unpaired) electrons. The average molecular weight is 386 g/mol. The van der Waals surface area contributed by atoms with Gasteiger partial charge in [0.25, 0.3) is 5.91 Å². The molecule has 1 aromatic heterocycles. The second kappa shape index (κ2) is 7.28. The molecule has 2 aromatic rings. The minimum Gasteiger partial charge on any atom is -0.354 e. The Kier molecular flexibility index (Phi) is 4.84. The van der Waals surface area contributed by atoms with Gasteiger partial charge in [-0.2, -0.15) is 4.31 Å². The van der Waals surface area contributed by atoms with Crippen molar-refractivity contribution in [3.63, 3.8) is 0 Å². The standard InChI is InChI=1S/C19H22N4O3S/c24-19(21-16-6-7-16)15-4-8-17(9-5-15)27(25,26)23-13-11-22(12-14-23)18-3-1-2-10-20-18/h1-5,8-10,16H,6-7,11-14H2,(H,21,24).